The van der Waals surface area contributed by atoms with Crippen molar-refractivity contribution in [2.75, 3.05) is 12.4 Å². The van der Waals surface area contributed by atoms with E-state index in [9.17, 15) is 14.3 Å². The molecule has 0 unspecified atom stereocenters. The molecule has 0 saturated carbocycles. The van der Waals surface area contributed by atoms with Crippen LogP contribution < -0.4 is 15.7 Å². The topological polar surface area (TPSA) is 126 Å². The molecule has 3 N–H and O–H groups in total. The number of H-pyrrole nitrogens is 1. The molecular weight excluding hydrogens is 513 g/mol. The van der Waals surface area contributed by atoms with E-state index in [4.69, 9.17) is 15.6 Å². The van der Waals surface area contributed by atoms with Crippen LogP contribution in [0.1, 0.15) is 22.3 Å². The number of aromatic nitrogens is 4. The maximum atomic E-state index is 14.7. The normalized spacial score (nSPS) is 11.3. The molecule has 0 radical (unpaired) electrons. The lowest BCUT2D eigenvalue weighted by molar-refractivity contribution is 0.382. The zero-order chi connectivity index (χ0) is 28.1. The summed E-state index contributed by atoms with van der Waals surface area (Å²) in [6, 6.07) is 7.62. The Morgan fingerprint density at radius 1 is 1.20 bits per heavy atom. The Morgan fingerprint density at radius 3 is 2.80 bits per heavy atom. The molecule has 0 amide bonds. The summed E-state index contributed by atoms with van der Waals surface area (Å²) in [5.74, 6) is 1.96. The number of terminal acetylenes is 1. The van der Waals surface area contributed by atoms with Crippen molar-refractivity contribution in [1.82, 2.24) is 19.9 Å². The van der Waals surface area contributed by atoms with Crippen molar-refractivity contribution in [3.63, 3.8) is 0 Å². The van der Waals surface area contributed by atoms with Crippen molar-refractivity contribution in [1.29, 1.82) is 0 Å². The van der Waals surface area contributed by atoms with E-state index in [-0.39, 0.29) is 45.4 Å². The number of aromatic hydroxyl groups is 1. The minimum atomic E-state index is -0.729. The molecule has 198 valence electrons. The molecular formula is C30H22FN5O4. The molecule has 4 heterocycles. The quantitative estimate of drug-likeness (QED) is 0.253. The third-order valence-electron chi connectivity index (χ3n) is 6.81. The van der Waals surface area contributed by atoms with Crippen molar-refractivity contribution in [3.05, 3.63) is 81.2 Å². The van der Waals surface area contributed by atoms with Gasteiger partial charge in [0.25, 0.3) is 0 Å². The number of anilines is 1. The number of rotatable bonds is 5. The molecule has 0 aliphatic heterocycles. The van der Waals surface area contributed by atoms with Gasteiger partial charge >= 0.3 is 11.6 Å². The van der Waals surface area contributed by atoms with Crippen molar-refractivity contribution in [2.45, 2.75) is 20.4 Å². The van der Waals surface area contributed by atoms with E-state index in [0.29, 0.717) is 22.9 Å². The summed E-state index contributed by atoms with van der Waals surface area (Å²) in [7, 11) is 1.42. The van der Waals surface area contributed by atoms with E-state index in [0.717, 1.165) is 22.2 Å². The Labute approximate surface area is 226 Å². The van der Waals surface area contributed by atoms with Crippen molar-refractivity contribution in [3.8, 4) is 35.4 Å². The van der Waals surface area contributed by atoms with Crippen LogP contribution in [0.3, 0.4) is 0 Å². The molecule has 0 bridgehead atoms. The average Bonchev–Trinajstić information content (AvgIpc) is 3.34. The van der Waals surface area contributed by atoms with Crippen LogP contribution in [0, 0.1) is 32.0 Å². The fourth-order valence-corrected chi connectivity index (χ4v) is 4.94. The first-order valence-electron chi connectivity index (χ1n) is 12.3. The van der Waals surface area contributed by atoms with E-state index in [1.54, 1.807) is 13.1 Å². The second kappa shape index (κ2) is 9.39. The van der Waals surface area contributed by atoms with Gasteiger partial charge in [-0.25, -0.2) is 14.2 Å². The Bertz CT molecular complexity index is 2090. The fraction of sp³-hybridized carbons (Fsp3) is 0.133. The predicted molar refractivity (Wildman–Crippen MR) is 150 cm³/mol. The van der Waals surface area contributed by atoms with Gasteiger partial charge in [-0.2, -0.15) is 9.97 Å². The monoisotopic (exact) mass is 535 g/mol. The lowest BCUT2D eigenvalue weighted by atomic mass is 9.95. The van der Waals surface area contributed by atoms with Crippen LogP contribution in [0.2, 0.25) is 0 Å². The summed E-state index contributed by atoms with van der Waals surface area (Å²) in [6.07, 6.45) is 9.26. The number of halogens is 1. The van der Waals surface area contributed by atoms with E-state index >= 15 is 0 Å². The minimum Gasteiger partial charge on any atom is -0.508 e. The lowest BCUT2D eigenvalue weighted by Gasteiger charge is -2.14. The number of fused-ring (bicyclic) bond motifs is 3. The average molecular weight is 536 g/mol. The molecule has 0 fully saturated rings. The van der Waals surface area contributed by atoms with Crippen molar-refractivity contribution >= 4 is 38.5 Å². The number of methoxy groups -OCH3 is 1. The Hall–Kier alpha value is -5.43. The van der Waals surface area contributed by atoms with Gasteiger partial charge in [-0.15, -0.1) is 6.42 Å². The number of hydrogen-bond acceptors (Lipinski definition) is 8. The smallest absolute Gasteiger partial charge is 0.349 e. The van der Waals surface area contributed by atoms with Gasteiger partial charge in [-0.1, -0.05) is 12.0 Å². The number of benzene rings is 2. The molecule has 0 atom stereocenters. The highest BCUT2D eigenvalue weighted by Crippen LogP contribution is 2.38. The molecule has 2 aromatic carbocycles. The van der Waals surface area contributed by atoms with Crippen LogP contribution >= 0.6 is 0 Å². The van der Waals surface area contributed by atoms with Gasteiger partial charge in [-0.3, -0.25) is 0 Å². The maximum Gasteiger partial charge on any atom is 0.349 e. The number of ether oxygens (including phenoxy) is 1. The van der Waals surface area contributed by atoms with Crippen LogP contribution in [0.5, 0.6) is 11.8 Å². The summed E-state index contributed by atoms with van der Waals surface area (Å²) >= 11 is 0. The fourth-order valence-electron chi connectivity index (χ4n) is 4.94. The second-order valence-electron chi connectivity index (χ2n) is 9.36. The van der Waals surface area contributed by atoms with Gasteiger partial charge in [0.2, 0.25) is 0 Å². The van der Waals surface area contributed by atoms with Crippen LogP contribution in [0.25, 0.3) is 44.0 Å². The standard InChI is InChI=1S/C30H22FN5O4/c1-5-19-22(31)7-6-16-9-18(37)10-21(23(16)19)26-15(3)25-24(29(38)40-26)28(36-30(35-25)39-4)34-13-17-12-33-27-20(17)8-14(2)11-32-27/h1,6-12,37H,13H2,2-4H3,(H,32,33)(H,34,35,36). The number of pyridine rings is 1. The molecule has 4 aromatic heterocycles. The minimum absolute atomic E-state index is 0.0132. The zero-order valence-electron chi connectivity index (χ0n) is 21.7. The molecule has 0 spiro atoms. The van der Waals surface area contributed by atoms with Crippen LogP contribution in [0.15, 0.2) is 51.9 Å². The van der Waals surface area contributed by atoms with Crippen LogP contribution in [-0.4, -0.2) is 32.2 Å². The number of aryl methyl sites for hydroxylation is 2. The summed E-state index contributed by atoms with van der Waals surface area (Å²) in [6.45, 7) is 3.99. The summed E-state index contributed by atoms with van der Waals surface area (Å²) in [5, 5.41) is 15.5. The maximum absolute atomic E-state index is 14.7. The van der Waals surface area contributed by atoms with Crippen molar-refractivity contribution < 1.29 is 18.7 Å². The largest absolute Gasteiger partial charge is 0.508 e. The second-order valence-corrected chi connectivity index (χ2v) is 9.36. The van der Waals surface area contributed by atoms with Gasteiger partial charge in [0.15, 0.2) is 0 Å². The molecule has 9 nitrogen and oxygen atoms in total. The van der Waals surface area contributed by atoms with E-state index < -0.39 is 11.4 Å². The van der Waals surface area contributed by atoms with Crippen molar-refractivity contribution in [2.24, 2.45) is 0 Å². The summed E-state index contributed by atoms with van der Waals surface area (Å²) in [4.78, 5) is 29.8. The highest BCUT2D eigenvalue weighted by atomic mass is 19.1. The lowest BCUT2D eigenvalue weighted by Crippen LogP contribution is -2.12. The third kappa shape index (κ3) is 3.96. The first-order valence-corrected chi connectivity index (χ1v) is 12.3. The van der Waals surface area contributed by atoms with E-state index in [2.05, 4.69) is 31.2 Å². The molecule has 6 rings (SSSR count). The Kier molecular flexibility index (Phi) is 5.84. The van der Waals surface area contributed by atoms with Crippen LogP contribution in [-0.2, 0) is 6.54 Å². The predicted octanol–water partition coefficient (Wildman–Crippen LogP) is 5.34. The molecule has 0 saturated heterocycles. The van der Waals surface area contributed by atoms with E-state index in [1.807, 2.05) is 19.2 Å². The van der Waals surface area contributed by atoms with Gasteiger partial charge in [0.05, 0.1) is 18.2 Å². The van der Waals surface area contributed by atoms with E-state index in [1.165, 1.54) is 31.4 Å². The van der Waals surface area contributed by atoms with Gasteiger partial charge in [-0.05, 0) is 54.6 Å². The molecule has 0 aliphatic rings. The SMILES string of the molecule is C#Cc1c(F)ccc2cc(O)cc(-c3oc(=O)c4c(NCc5c[nH]c6ncc(C)cc56)nc(OC)nc4c3C)c12. The Balaban J connectivity index is 1.55. The zero-order valence-corrected chi connectivity index (χ0v) is 21.7. The van der Waals surface area contributed by atoms with Crippen LogP contribution in [0.4, 0.5) is 10.2 Å². The molecule has 10 heteroatoms. The number of phenols is 1. The number of phenolic OH excluding ortho intramolecular Hbond substituents is 1. The number of nitrogens with zero attached hydrogens (tertiary/aromatic N) is 3. The number of hydrogen-bond donors (Lipinski definition) is 3. The summed E-state index contributed by atoms with van der Waals surface area (Å²) in [5.41, 5.74) is 2.91. The Morgan fingerprint density at radius 2 is 2.02 bits per heavy atom. The van der Waals surface area contributed by atoms with Gasteiger partial charge < -0.3 is 24.6 Å². The molecule has 40 heavy (non-hydrogen) atoms. The molecule has 0 aliphatic carbocycles. The highest BCUT2D eigenvalue weighted by Gasteiger charge is 2.23. The van der Waals surface area contributed by atoms with Gasteiger partial charge in [0.1, 0.15) is 34.2 Å². The van der Waals surface area contributed by atoms with Gasteiger partial charge in [0, 0.05) is 40.8 Å². The third-order valence-corrected chi connectivity index (χ3v) is 6.81. The first kappa shape index (κ1) is 24.9. The highest BCUT2D eigenvalue weighted by molar-refractivity contribution is 6.03. The summed E-state index contributed by atoms with van der Waals surface area (Å²) < 4.78 is 25.8. The first-order chi connectivity index (χ1) is 19.3. The molecule has 6 aromatic rings. The number of nitrogens with one attached hydrogen (secondary N) is 2. The number of aromatic amines is 1.